The van der Waals surface area contributed by atoms with Gasteiger partial charge in [-0.2, -0.15) is 5.10 Å². The number of aryl methyl sites for hydroxylation is 2. The van der Waals surface area contributed by atoms with Gasteiger partial charge in [-0.1, -0.05) is 37.3 Å². The van der Waals surface area contributed by atoms with Gasteiger partial charge in [0.25, 0.3) is 0 Å². The van der Waals surface area contributed by atoms with E-state index in [0.29, 0.717) is 5.92 Å². The summed E-state index contributed by atoms with van der Waals surface area (Å²) in [6.45, 7) is 8.22. The molecule has 2 aromatic rings. The summed E-state index contributed by atoms with van der Waals surface area (Å²) in [4.78, 5) is 0. The maximum atomic E-state index is 4.21. The van der Waals surface area contributed by atoms with Crippen LogP contribution in [0, 0.1) is 13.8 Å². The zero-order valence-electron chi connectivity index (χ0n) is 11.3. The first-order valence-electron chi connectivity index (χ1n) is 6.44. The summed E-state index contributed by atoms with van der Waals surface area (Å²) in [5.41, 5.74) is 4.92. The van der Waals surface area contributed by atoms with E-state index in [1.54, 1.807) is 0 Å². The summed E-state index contributed by atoms with van der Waals surface area (Å²) in [5, 5.41) is 10.7. The molecule has 0 saturated heterocycles. The Labute approximate surface area is 109 Å². The molecular weight excluding hydrogens is 222 g/mol. The minimum atomic E-state index is 0.527. The Morgan fingerprint density at radius 3 is 2.56 bits per heavy atom. The number of aromatic nitrogens is 2. The van der Waals surface area contributed by atoms with Crippen molar-refractivity contribution in [2.24, 2.45) is 0 Å². The lowest BCUT2D eigenvalue weighted by Gasteiger charge is -2.13. The van der Waals surface area contributed by atoms with E-state index in [4.69, 9.17) is 0 Å². The second-order valence-corrected chi connectivity index (χ2v) is 4.86. The molecule has 0 saturated carbocycles. The standard InChI is InChI=1S/C15H21N3/c1-11(14-7-5-4-6-8-14)9-16-10-15-12(2)17-18-13(15)3/h4-8,11,16H,9-10H2,1-3H3,(H,17,18). The number of H-pyrrole nitrogens is 1. The first-order chi connectivity index (χ1) is 8.68. The molecule has 96 valence electrons. The third-order valence-corrected chi connectivity index (χ3v) is 3.40. The van der Waals surface area contributed by atoms with Crippen molar-refractivity contribution >= 4 is 0 Å². The molecule has 0 aliphatic rings. The second-order valence-electron chi connectivity index (χ2n) is 4.86. The smallest absolute Gasteiger partial charge is 0.0638 e. The van der Waals surface area contributed by atoms with Gasteiger partial charge < -0.3 is 5.32 Å². The normalized spacial score (nSPS) is 12.6. The van der Waals surface area contributed by atoms with Gasteiger partial charge in [-0.05, 0) is 25.3 Å². The van der Waals surface area contributed by atoms with Gasteiger partial charge in [-0.15, -0.1) is 0 Å². The van der Waals surface area contributed by atoms with Gasteiger partial charge in [-0.25, -0.2) is 0 Å². The molecule has 1 unspecified atom stereocenters. The predicted octanol–water partition coefficient (Wildman–Crippen LogP) is 2.92. The molecule has 1 atom stereocenters. The van der Waals surface area contributed by atoms with Crippen LogP contribution in [0.15, 0.2) is 30.3 Å². The van der Waals surface area contributed by atoms with Gasteiger partial charge in [-0.3, -0.25) is 5.10 Å². The molecule has 0 fully saturated rings. The molecule has 1 aromatic carbocycles. The Bertz CT molecular complexity index is 468. The van der Waals surface area contributed by atoms with Crippen molar-refractivity contribution in [3.63, 3.8) is 0 Å². The highest BCUT2D eigenvalue weighted by Crippen LogP contribution is 2.14. The molecule has 18 heavy (non-hydrogen) atoms. The van der Waals surface area contributed by atoms with Crippen LogP contribution in [-0.4, -0.2) is 16.7 Å². The third kappa shape index (κ3) is 2.99. The van der Waals surface area contributed by atoms with Crippen molar-refractivity contribution in [3.8, 4) is 0 Å². The summed E-state index contributed by atoms with van der Waals surface area (Å²) >= 11 is 0. The number of nitrogens with one attached hydrogen (secondary N) is 2. The van der Waals surface area contributed by atoms with Crippen molar-refractivity contribution in [1.29, 1.82) is 0 Å². The van der Waals surface area contributed by atoms with E-state index in [0.717, 1.165) is 24.5 Å². The highest BCUT2D eigenvalue weighted by Gasteiger charge is 2.07. The number of hydrogen-bond acceptors (Lipinski definition) is 2. The van der Waals surface area contributed by atoms with Crippen molar-refractivity contribution in [3.05, 3.63) is 52.8 Å². The average Bonchev–Trinajstić information content (AvgIpc) is 2.71. The first kappa shape index (κ1) is 12.8. The molecule has 0 bridgehead atoms. The van der Waals surface area contributed by atoms with Crippen molar-refractivity contribution in [1.82, 2.24) is 15.5 Å². The first-order valence-corrected chi connectivity index (χ1v) is 6.44. The van der Waals surface area contributed by atoms with Gasteiger partial charge in [0.1, 0.15) is 0 Å². The highest BCUT2D eigenvalue weighted by molar-refractivity contribution is 5.23. The zero-order chi connectivity index (χ0) is 13.0. The van der Waals surface area contributed by atoms with E-state index in [1.165, 1.54) is 11.1 Å². The molecule has 0 amide bonds. The van der Waals surface area contributed by atoms with E-state index in [1.807, 2.05) is 6.92 Å². The number of hydrogen-bond donors (Lipinski definition) is 2. The summed E-state index contributed by atoms with van der Waals surface area (Å²) in [6.07, 6.45) is 0. The molecule has 2 N–H and O–H groups in total. The fourth-order valence-corrected chi connectivity index (χ4v) is 2.15. The highest BCUT2D eigenvalue weighted by atomic mass is 15.1. The van der Waals surface area contributed by atoms with Gasteiger partial charge in [0.05, 0.1) is 5.69 Å². The predicted molar refractivity (Wildman–Crippen MR) is 74.6 cm³/mol. The lowest BCUT2D eigenvalue weighted by molar-refractivity contribution is 0.613. The van der Waals surface area contributed by atoms with Crippen LogP contribution in [0.5, 0.6) is 0 Å². The van der Waals surface area contributed by atoms with Crippen molar-refractivity contribution in [2.45, 2.75) is 33.2 Å². The SMILES string of the molecule is Cc1n[nH]c(C)c1CNCC(C)c1ccccc1. The number of aromatic amines is 1. The quantitative estimate of drug-likeness (QED) is 0.847. The lowest BCUT2D eigenvalue weighted by atomic mass is 10.0. The molecule has 3 heteroatoms. The number of rotatable bonds is 5. The molecule has 0 aliphatic carbocycles. The third-order valence-electron chi connectivity index (χ3n) is 3.40. The van der Waals surface area contributed by atoms with Crippen LogP contribution < -0.4 is 5.32 Å². The maximum absolute atomic E-state index is 4.21. The van der Waals surface area contributed by atoms with Crippen LogP contribution in [-0.2, 0) is 6.54 Å². The molecule has 1 heterocycles. The summed E-state index contributed by atoms with van der Waals surface area (Å²) in [6, 6.07) is 10.6. The zero-order valence-corrected chi connectivity index (χ0v) is 11.3. The van der Waals surface area contributed by atoms with Gasteiger partial charge >= 0.3 is 0 Å². The van der Waals surface area contributed by atoms with E-state index in [2.05, 4.69) is 59.7 Å². The van der Waals surface area contributed by atoms with Crippen LogP contribution in [0.4, 0.5) is 0 Å². The topological polar surface area (TPSA) is 40.7 Å². The van der Waals surface area contributed by atoms with E-state index < -0.39 is 0 Å². The lowest BCUT2D eigenvalue weighted by Crippen LogP contribution is -2.20. The van der Waals surface area contributed by atoms with Crippen LogP contribution in [0.3, 0.4) is 0 Å². The minimum Gasteiger partial charge on any atom is -0.312 e. The largest absolute Gasteiger partial charge is 0.312 e. The summed E-state index contributed by atoms with van der Waals surface area (Å²) < 4.78 is 0. The van der Waals surface area contributed by atoms with Gasteiger partial charge in [0.15, 0.2) is 0 Å². The van der Waals surface area contributed by atoms with Crippen LogP contribution in [0.25, 0.3) is 0 Å². The van der Waals surface area contributed by atoms with Gasteiger partial charge in [0.2, 0.25) is 0 Å². The Hall–Kier alpha value is -1.61. The molecule has 0 aliphatic heterocycles. The summed E-state index contributed by atoms with van der Waals surface area (Å²) in [5.74, 6) is 0.527. The van der Waals surface area contributed by atoms with Crippen molar-refractivity contribution in [2.75, 3.05) is 6.54 Å². The molecule has 1 aromatic heterocycles. The fraction of sp³-hybridized carbons (Fsp3) is 0.400. The fourth-order valence-electron chi connectivity index (χ4n) is 2.15. The van der Waals surface area contributed by atoms with Crippen molar-refractivity contribution < 1.29 is 0 Å². The van der Waals surface area contributed by atoms with E-state index in [9.17, 15) is 0 Å². The van der Waals surface area contributed by atoms with Crippen LogP contribution >= 0.6 is 0 Å². The Morgan fingerprint density at radius 1 is 1.22 bits per heavy atom. The maximum Gasteiger partial charge on any atom is 0.0638 e. The average molecular weight is 243 g/mol. The van der Waals surface area contributed by atoms with E-state index in [-0.39, 0.29) is 0 Å². The van der Waals surface area contributed by atoms with E-state index >= 15 is 0 Å². The number of benzene rings is 1. The van der Waals surface area contributed by atoms with Crippen LogP contribution in [0.2, 0.25) is 0 Å². The Morgan fingerprint density at radius 2 is 1.94 bits per heavy atom. The molecule has 2 rings (SSSR count). The summed E-state index contributed by atoms with van der Waals surface area (Å²) in [7, 11) is 0. The minimum absolute atomic E-state index is 0.527. The molecular formula is C15H21N3. The second kappa shape index (κ2) is 5.83. The molecule has 3 nitrogen and oxygen atoms in total. The molecule has 0 radical (unpaired) electrons. The Balaban J connectivity index is 1.86. The number of nitrogens with zero attached hydrogens (tertiary/aromatic N) is 1. The molecule has 0 spiro atoms. The Kier molecular flexibility index (Phi) is 4.15. The van der Waals surface area contributed by atoms with Gasteiger partial charge in [0, 0.05) is 24.3 Å². The van der Waals surface area contributed by atoms with Crippen LogP contribution in [0.1, 0.15) is 35.4 Å². The monoisotopic (exact) mass is 243 g/mol.